The summed E-state index contributed by atoms with van der Waals surface area (Å²) >= 11 is 0. The molecule has 2 fully saturated rings. The summed E-state index contributed by atoms with van der Waals surface area (Å²) < 4.78 is 0. The molecule has 0 aromatic heterocycles. The number of rotatable bonds is 6. The molecule has 138 valence electrons. The number of hydrogen-bond acceptors (Lipinski definition) is 3. The van der Waals surface area contributed by atoms with Crippen LogP contribution in [-0.2, 0) is 11.2 Å². The van der Waals surface area contributed by atoms with Crippen molar-refractivity contribution in [3.05, 3.63) is 35.9 Å². The number of likely N-dealkylation sites (N-methyl/N-ethyl adjacent to an activating group) is 1. The first-order chi connectivity index (χ1) is 12.3. The number of piperidine rings is 1. The summed E-state index contributed by atoms with van der Waals surface area (Å²) in [4.78, 5) is 19.9. The maximum Gasteiger partial charge on any atom is 0.240 e. The van der Waals surface area contributed by atoms with Crippen molar-refractivity contribution in [1.82, 2.24) is 14.7 Å². The standard InChI is InChI=1S/C21H33N3O/c1-2-23-14-7-6-12-20(23)21(25)24-17-15-22(16-18-24)13-8-11-19-9-4-3-5-10-19/h3-5,9-10,20H,2,6-8,11-18H2,1H3. The van der Waals surface area contributed by atoms with Gasteiger partial charge in [-0.3, -0.25) is 14.6 Å². The van der Waals surface area contributed by atoms with Gasteiger partial charge in [0, 0.05) is 26.2 Å². The molecule has 1 atom stereocenters. The molecule has 0 spiro atoms. The lowest BCUT2D eigenvalue weighted by Crippen LogP contribution is -2.56. The molecule has 1 aromatic carbocycles. The van der Waals surface area contributed by atoms with E-state index in [0.29, 0.717) is 5.91 Å². The number of aryl methyl sites for hydroxylation is 1. The van der Waals surface area contributed by atoms with E-state index >= 15 is 0 Å². The van der Waals surface area contributed by atoms with Crippen LogP contribution in [0.25, 0.3) is 0 Å². The Kier molecular flexibility index (Phi) is 6.88. The van der Waals surface area contributed by atoms with Crippen molar-refractivity contribution >= 4 is 5.91 Å². The van der Waals surface area contributed by atoms with Crippen molar-refractivity contribution in [2.24, 2.45) is 0 Å². The fraction of sp³-hybridized carbons (Fsp3) is 0.667. The van der Waals surface area contributed by atoms with Gasteiger partial charge in [-0.15, -0.1) is 0 Å². The molecular formula is C21H33N3O. The first kappa shape index (κ1) is 18.4. The first-order valence-corrected chi connectivity index (χ1v) is 10.1. The number of amides is 1. The van der Waals surface area contributed by atoms with E-state index in [2.05, 4.69) is 52.0 Å². The van der Waals surface area contributed by atoms with Gasteiger partial charge in [0.1, 0.15) is 0 Å². The maximum atomic E-state index is 12.9. The molecule has 0 bridgehead atoms. The minimum absolute atomic E-state index is 0.142. The number of carbonyl (C=O) groups excluding carboxylic acids is 1. The van der Waals surface area contributed by atoms with Gasteiger partial charge in [-0.05, 0) is 50.9 Å². The Bertz CT molecular complexity index is 525. The average Bonchev–Trinajstić information content (AvgIpc) is 2.69. The van der Waals surface area contributed by atoms with Crippen molar-refractivity contribution in [3.8, 4) is 0 Å². The zero-order chi connectivity index (χ0) is 17.5. The average molecular weight is 344 g/mol. The largest absolute Gasteiger partial charge is 0.339 e. The van der Waals surface area contributed by atoms with Gasteiger partial charge in [0.15, 0.2) is 0 Å². The van der Waals surface area contributed by atoms with E-state index in [1.54, 1.807) is 0 Å². The molecule has 2 aliphatic rings. The van der Waals surface area contributed by atoms with Gasteiger partial charge in [0.25, 0.3) is 0 Å². The molecule has 1 aromatic rings. The summed E-state index contributed by atoms with van der Waals surface area (Å²) in [6, 6.07) is 10.9. The SMILES string of the molecule is CCN1CCCCC1C(=O)N1CCN(CCCc2ccccc2)CC1. The molecule has 2 saturated heterocycles. The third-order valence-electron chi connectivity index (χ3n) is 5.77. The van der Waals surface area contributed by atoms with Crippen molar-refractivity contribution in [2.45, 2.75) is 45.1 Å². The molecule has 25 heavy (non-hydrogen) atoms. The summed E-state index contributed by atoms with van der Waals surface area (Å²) in [6.07, 6.45) is 5.83. The fourth-order valence-electron chi connectivity index (χ4n) is 4.20. The van der Waals surface area contributed by atoms with Crippen LogP contribution in [0.4, 0.5) is 0 Å². The lowest BCUT2D eigenvalue weighted by atomic mass is 10.0. The van der Waals surface area contributed by atoms with E-state index in [1.807, 2.05) is 0 Å². The van der Waals surface area contributed by atoms with Crippen molar-refractivity contribution in [1.29, 1.82) is 0 Å². The van der Waals surface area contributed by atoms with E-state index < -0.39 is 0 Å². The third kappa shape index (κ3) is 5.05. The van der Waals surface area contributed by atoms with E-state index in [0.717, 1.165) is 58.7 Å². The lowest BCUT2D eigenvalue weighted by molar-refractivity contribution is -0.140. The molecule has 4 heteroatoms. The highest BCUT2D eigenvalue weighted by Gasteiger charge is 2.32. The predicted octanol–water partition coefficient (Wildman–Crippen LogP) is 2.64. The predicted molar refractivity (Wildman–Crippen MR) is 103 cm³/mol. The van der Waals surface area contributed by atoms with Crippen molar-refractivity contribution < 1.29 is 4.79 Å². The zero-order valence-electron chi connectivity index (χ0n) is 15.7. The van der Waals surface area contributed by atoms with Gasteiger partial charge in [0.05, 0.1) is 6.04 Å². The number of nitrogens with zero attached hydrogens (tertiary/aromatic N) is 3. The van der Waals surface area contributed by atoms with Crippen LogP contribution in [0.15, 0.2) is 30.3 Å². The second kappa shape index (κ2) is 9.35. The molecular weight excluding hydrogens is 310 g/mol. The minimum atomic E-state index is 0.142. The lowest BCUT2D eigenvalue weighted by Gasteiger charge is -2.40. The Morgan fingerprint density at radius 1 is 1.04 bits per heavy atom. The highest BCUT2D eigenvalue weighted by molar-refractivity contribution is 5.82. The van der Waals surface area contributed by atoms with Crippen molar-refractivity contribution in [3.63, 3.8) is 0 Å². The number of benzene rings is 1. The van der Waals surface area contributed by atoms with Crippen LogP contribution in [0.1, 0.15) is 38.2 Å². The molecule has 2 aliphatic heterocycles. The second-order valence-electron chi connectivity index (χ2n) is 7.40. The van der Waals surface area contributed by atoms with Crippen molar-refractivity contribution in [2.75, 3.05) is 45.8 Å². The van der Waals surface area contributed by atoms with Gasteiger partial charge >= 0.3 is 0 Å². The summed E-state index contributed by atoms with van der Waals surface area (Å²) in [6.45, 7) is 9.26. The molecule has 0 saturated carbocycles. The number of carbonyl (C=O) groups is 1. The van der Waals surface area contributed by atoms with Crippen LogP contribution in [0.2, 0.25) is 0 Å². The van der Waals surface area contributed by atoms with Crippen LogP contribution in [0.3, 0.4) is 0 Å². The van der Waals surface area contributed by atoms with Crippen LogP contribution in [-0.4, -0.2) is 72.5 Å². The van der Waals surface area contributed by atoms with Gasteiger partial charge < -0.3 is 4.90 Å². The Morgan fingerprint density at radius 2 is 1.80 bits per heavy atom. The monoisotopic (exact) mass is 343 g/mol. The smallest absolute Gasteiger partial charge is 0.240 e. The van der Waals surface area contributed by atoms with Gasteiger partial charge in [-0.25, -0.2) is 0 Å². The summed E-state index contributed by atoms with van der Waals surface area (Å²) in [5, 5.41) is 0. The molecule has 2 heterocycles. The molecule has 1 unspecified atom stereocenters. The molecule has 0 aliphatic carbocycles. The van der Waals surface area contributed by atoms with E-state index in [4.69, 9.17) is 0 Å². The molecule has 1 amide bonds. The van der Waals surface area contributed by atoms with Crippen LogP contribution >= 0.6 is 0 Å². The van der Waals surface area contributed by atoms with Crippen LogP contribution in [0, 0.1) is 0 Å². The Morgan fingerprint density at radius 3 is 2.52 bits per heavy atom. The van der Waals surface area contributed by atoms with E-state index in [9.17, 15) is 4.79 Å². The number of likely N-dealkylation sites (tertiary alicyclic amines) is 1. The second-order valence-corrected chi connectivity index (χ2v) is 7.40. The first-order valence-electron chi connectivity index (χ1n) is 10.1. The minimum Gasteiger partial charge on any atom is -0.339 e. The zero-order valence-corrected chi connectivity index (χ0v) is 15.7. The topological polar surface area (TPSA) is 26.8 Å². The van der Waals surface area contributed by atoms with Gasteiger partial charge in [-0.1, -0.05) is 43.7 Å². The number of hydrogen-bond donors (Lipinski definition) is 0. The molecule has 4 nitrogen and oxygen atoms in total. The quantitative estimate of drug-likeness (QED) is 0.794. The van der Waals surface area contributed by atoms with Crippen LogP contribution in [0.5, 0.6) is 0 Å². The third-order valence-corrected chi connectivity index (χ3v) is 5.77. The highest BCUT2D eigenvalue weighted by atomic mass is 16.2. The van der Waals surface area contributed by atoms with E-state index in [1.165, 1.54) is 24.8 Å². The molecule has 3 rings (SSSR count). The fourth-order valence-corrected chi connectivity index (χ4v) is 4.20. The maximum absolute atomic E-state index is 12.9. The normalized spacial score (nSPS) is 22.9. The number of piperazine rings is 1. The molecule has 0 N–H and O–H groups in total. The van der Waals surface area contributed by atoms with Gasteiger partial charge in [0.2, 0.25) is 5.91 Å². The van der Waals surface area contributed by atoms with Gasteiger partial charge in [-0.2, -0.15) is 0 Å². The van der Waals surface area contributed by atoms with Crippen LogP contribution < -0.4 is 0 Å². The Labute approximate surface area is 152 Å². The summed E-state index contributed by atoms with van der Waals surface area (Å²) in [5.41, 5.74) is 1.42. The Hall–Kier alpha value is -1.39. The van der Waals surface area contributed by atoms with E-state index in [-0.39, 0.29) is 6.04 Å². The summed E-state index contributed by atoms with van der Waals surface area (Å²) in [5.74, 6) is 0.380. The summed E-state index contributed by atoms with van der Waals surface area (Å²) in [7, 11) is 0. The Balaban J connectivity index is 1.40. The highest BCUT2D eigenvalue weighted by Crippen LogP contribution is 2.19. The molecule has 0 radical (unpaired) electrons.